The Morgan fingerprint density at radius 3 is 2.76 bits per heavy atom. The summed E-state index contributed by atoms with van der Waals surface area (Å²) < 4.78 is 5.77. The number of carbonyl (C=O) groups is 2. The Balaban J connectivity index is 1.75. The Morgan fingerprint density at radius 1 is 1.36 bits per heavy atom. The Hall–Kier alpha value is -2.45. The van der Waals surface area contributed by atoms with E-state index in [-0.39, 0.29) is 5.60 Å². The minimum atomic E-state index is -0.542. The third-order valence-corrected chi connectivity index (χ3v) is 5.08. The van der Waals surface area contributed by atoms with Crippen LogP contribution >= 0.6 is 11.3 Å². The maximum absolute atomic E-state index is 12.2. The van der Waals surface area contributed by atoms with Crippen LogP contribution in [0.2, 0.25) is 0 Å². The zero-order valence-electron chi connectivity index (χ0n) is 14.1. The summed E-state index contributed by atoms with van der Waals surface area (Å²) in [5, 5.41) is 5.96. The number of urea groups is 1. The number of hydrogen-bond donors (Lipinski definition) is 3. The van der Waals surface area contributed by atoms with E-state index in [1.807, 2.05) is 26.0 Å². The monoisotopic (exact) mass is 360 g/mol. The normalized spacial score (nSPS) is 15.3. The van der Waals surface area contributed by atoms with Crippen molar-refractivity contribution in [2.45, 2.75) is 39.0 Å². The molecule has 2 aromatic heterocycles. The highest BCUT2D eigenvalue weighted by atomic mass is 32.1. The zero-order chi connectivity index (χ0) is 18.0. The van der Waals surface area contributed by atoms with Gasteiger partial charge in [-0.3, -0.25) is 15.1 Å². The molecule has 0 radical (unpaired) electrons. The van der Waals surface area contributed by atoms with Gasteiger partial charge in [0.05, 0.1) is 17.8 Å². The highest BCUT2D eigenvalue weighted by Gasteiger charge is 2.33. The van der Waals surface area contributed by atoms with Crippen molar-refractivity contribution in [3.8, 4) is 0 Å². The lowest BCUT2D eigenvalue weighted by Crippen LogP contribution is -2.32. The van der Waals surface area contributed by atoms with E-state index in [1.54, 1.807) is 12.4 Å². The minimum absolute atomic E-state index is 0.362. The van der Waals surface area contributed by atoms with E-state index < -0.39 is 11.9 Å². The lowest BCUT2D eigenvalue weighted by molar-refractivity contribution is -0.0383. The predicted octanol–water partition coefficient (Wildman–Crippen LogP) is 2.42. The van der Waals surface area contributed by atoms with E-state index in [2.05, 4.69) is 15.6 Å². The van der Waals surface area contributed by atoms with Crippen molar-refractivity contribution in [2.75, 3.05) is 5.32 Å². The molecule has 0 unspecified atom stereocenters. The molecule has 3 heterocycles. The van der Waals surface area contributed by atoms with Crippen molar-refractivity contribution in [2.24, 2.45) is 5.73 Å². The molecule has 3 rings (SSSR count). The number of rotatable bonds is 4. The molecule has 25 heavy (non-hydrogen) atoms. The molecule has 1 aliphatic heterocycles. The van der Waals surface area contributed by atoms with Gasteiger partial charge in [0.1, 0.15) is 5.00 Å². The second-order valence-corrected chi connectivity index (χ2v) is 7.57. The summed E-state index contributed by atoms with van der Waals surface area (Å²) in [6.07, 6.45) is 3.90. The maximum Gasteiger partial charge on any atom is 0.320 e. The number of carbonyl (C=O) groups excluding carboxylic acids is 2. The SMILES string of the molecule is CC1(C)Cc2c(sc(NC(=O)NCc3ccncc3)c2C(N)=O)CO1. The van der Waals surface area contributed by atoms with Crippen molar-refractivity contribution in [1.29, 1.82) is 0 Å². The first-order valence-corrected chi connectivity index (χ1v) is 8.69. The van der Waals surface area contributed by atoms with E-state index in [0.29, 0.717) is 30.1 Å². The van der Waals surface area contributed by atoms with Crippen LogP contribution in [0.1, 0.15) is 40.2 Å². The zero-order valence-corrected chi connectivity index (χ0v) is 14.9. The number of nitrogens with two attached hydrogens (primary N) is 1. The summed E-state index contributed by atoms with van der Waals surface area (Å²) >= 11 is 1.33. The molecule has 0 fully saturated rings. The molecule has 8 heteroatoms. The molecule has 4 N–H and O–H groups in total. The first-order chi connectivity index (χ1) is 11.9. The molecule has 0 saturated carbocycles. The number of ether oxygens (including phenoxy) is 1. The maximum atomic E-state index is 12.2. The Morgan fingerprint density at radius 2 is 2.08 bits per heavy atom. The van der Waals surface area contributed by atoms with Crippen molar-refractivity contribution >= 4 is 28.3 Å². The van der Waals surface area contributed by atoms with Gasteiger partial charge in [-0.15, -0.1) is 11.3 Å². The fourth-order valence-electron chi connectivity index (χ4n) is 2.73. The molecule has 132 valence electrons. The predicted molar refractivity (Wildman–Crippen MR) is 95.5 cm³/mol. The van der Waals surface area contributed by atoms with E-state index >= 15 is 0 Å². The number of fused-ring (bicyclic) bond motifs is 1. The average molecular weight is 360 g/mol. The first-order valence-electron chi connectivity index (χ1n) is 7.88. The number of primary amides is 1. The summed E-state index contributed by atoms with van der Waals surface area (Å²) in [4.78, 5) is 29.0. The highest BCUT2D eigenvalue weighted by molar-refractivity contribution is 7.17. The number of amides is 3. The van der Waals surface area contributed by atoms with Gasteiger partial charge >= 0.3 is 6.03 Å². The number of nitrogens with zero attached hydrogens (tertiary/aromatic N) is 1. The van der Waals surface area contributed by atoms with Crippen LogP contribution in [0.4, 0.5) is 9.80 Å². The van der Waals surface area contributed by atoms with Crippen LogP contribution in [0.5, 0.6) is 0 Å². The topological polar surface area (TPSA) is 106 Å². The first kappa shape index (κ1) is 17.4. The van der Waals surface area contributed by atoms with Crippen molar-refractivity contribution in [1.82, 2.24) is 10.3 Å². The van der Waals surface area contributed by atoms with Crippen LogP contribution in [0, 0.1) is 0 Å². The van der Waals surface area contributed by atoms with Gasteiger partial charge in [-0.25, -0.2) is 4.79 Å². The quantitative estimate of drug-likeness (QED) is 0.778. The molecular weight excluding hydrogens is 340 g/mol. The lowest BCUT2D eigenvalue weighted by Gasteiger charge is -2.30. The molecule has 3 amide bonds. The molecule has 7 nitrogen and oxygen atoms in total. The lowest BCUT2D eigenvalue weighted by atomic mass is 9.93. The van der Waals surface area contributed by atoms with Crippen molar-refractivity contribution < 1.29 is 14.3 Å². The molecule has 0 saturated heterocycles. The third-order valence-electron chi connectivity index (χ3n) is 3.96. The van der Waals surface area contributed by atoms with Gasteiger partial charge in [-0.1, -0.05) is 0 Å². The van der Waals surface area contributed by atoms with Crippen LogP contribution in [0.15, 0.2) is 24.5 Å². The standard InChI is InChI=1S/C17H20N4O3S/c1-17(2)7-11-12(9-24-17)25-15(13(11)14(18)22)21-16(23)20-8-10-3-5-19-6-4-10/h3-6H,7-9H2,1-2H3,(H2,18,22)(H2,20,21,23). The van der Waals surface area contributed by atoms with Gasteiger partial charge in [-0.05, 0) is 37.1 Å². The molecule has 2 aromatic rings. The summed E-state index contributed by atoms with van der Waals surface area (Å²) in [5.74, 6) is -0.542. The van der Waals surface area contributed by atoms with Crippen LogP contribution in [0.3, 0.4) is 0 Å². The van der Waals surface area contributed by atoms with Crippen molar-refractivity contribution in [3.63, 3.8) is 0 Å². The van der Waals surface area contributed by atoms with Gasteiger partial charge < -0.3 is 15.8 Å². The van der Waals surface area contributed by atoms with Gasteiger partial charge in [0, 0.05) is 30.2 Å². The van der Waals surface area contributed by atoms with E-state index in [4.69, 9.17) is 10.5 Å². The molecule has 0 aromatic carbocycles. The van der Waals surface area contributed by atoms with Gasteiger partial charge in [0.2, 0.25) is 0 Å². The minimum Gasteiger partial charge on any atom is -0.370 e. The largest absolute Gasteiger partial charge is 0.370 e. The molecular formula is C17H20N4O3S. The number of hydrogen-bond acceptors (Lipinski definition) is 5. The molecule has 0 atom stereocenters. The smallest absolute Gasteiger partial charge is 0.320 e. The highest BCUT2D eigenvalue weighted by Crippen LogP contribution is 2.40. The van der Waals surface area contributed by atoms with E-state index in [1.165, 1.54) is 11.3 Å². The molecule has 0 bridgehead atoms. The van der Waals surface area contributed by atoms with E-state index in [9.17, 15) is 9.59 Å². The Kier molecular flexibility index (Phi) is 4.73. The molecule has 1 aliphatic rings. The summed E-state index contributed by atoms with van der Waals surface area (Å²) in [6.45, 7) is 4.70. The summed E-state index contributed by atoms with van der Waals surface area (Å²) in [6, 6.07) is 3.25. The number of anilines is 1. The van der Waals surface area contributed by atoms with Crippen LogP contribution in [-0.4, -0.2) is 22.5 Å². The summed E-state index contributed by atoms with van der Waals surface area (Å²) in [5.41, 5.74) is 7.39. The molecule has 0 spiro atoms. The van der Waals surface area contributed by atoms with Crippen LogP contribution in [-0.2, 0) is 24.3 Å². The van der Waals surface area contributed by atoms with Gasteiger partial charge in [-0.2, -0.15) is 0 Å². The second-order valence-electron chi connectivity index (χ2n) is 6.46. The van der Waals surface area contributed by atoms with Gasteiger partial charge in [0.15, 0.2) is 0 Å². The van der Waals surface area contributed by atoms with Crippen LogP contribution < -0.4 is 16.4 Å². The number of pyridine rings is 1. The Labute approximate surface area is 149 Å². The number of thiophene rings is 1. The number of nitrogens with one attached hydrogen (secondary N) is 2. The van der Waals surface area contributed by atoms with Crippen molar-refractivity contribution in [3.05, 3.63) is 46.1 Å². The van der Waals surface area contributed by atoms with E-state index in [0.717, 1.165) is 16.0 Å². The second kappa shape index (κ2) is 6.81. The average Bonchev–Trinajstić information content (AvgIpc) is 2.89. The van der Waals surface area contributed by atoms with Gasteiger partial charge in [0.25, 0.3) is 5.91 Å². The Bertz CT molecular complexity index is 802. The fourth-order valence-corrected chi connectivity index (χ4v) is 3.86. The summed E-state index contributed by atoms with van der Waals surface area (Å²) in [7, 11) is 0. The fraction of sp³-hybridized carbons (Fsp3) is 0.353. The van der Waals surface area contributed by atoms with Crippen LogP contribution in [0.25, 0.3) is 0 Å². The molecule has 0 aliphatic carbocycles. The third kappa shape index (κ3) is 3.97. The number of aromatic nitrogens is 1.